The minimum atomic E-state index is 0.242. The lowest BCUT2D eigenvalue weighted by atomic mass is 9.81. The third-order valence-electron chi connectivity index (χ3n) is 2.93. The fourth-order valence-electron chi connectivity index (χ4n) is 1.78. The molecule has 0 bridgehead atoms. The van der Waals surface area contributed by atoms with Gasteiger partial charge in [0.15, 0.2) is 5.78 Å². The van der Waals surface area contributed by atoms with E-state index < -0.39 is 0 Å². The lowest BCUT2D eigenvalue weighted by Crippen LogP contribution is -2.16. The minimum Gasteiger partial charge on any atom is -0.294 e. The molecule has 0 saturated heterocycles. The molecule has 1 fully saturated rings. The standard InChI is InChI=1S/C12H12ClIO/c13-9-4-5-11(14)10(7-9)12(15)6-8-2-1-3-8/h4-5,7-8H,1-3,6H2. The van der Waals surface area contributed by atoms with Crippen LogP contribution < -0.4 is 0 Å². The summed E-state index contributed by atoms with van der Waals surface area (Å²) < 4.78 is 1.00. The van der Waals surface area contributed by atoms with Crippen LogP contribution in [0.15, 0.2) is 18.2 Å². The van der Waals surface area contributed by atoms with Crippen molar-refractivity contribution in [2.45, 2.75) is 25.7 Å². The number of ketones is 1. The van der Waals surface area contributed by atoms with Crippen molar-refractivity contribution in [1.29, 1.82) is 0 Å². The molecule has 0 radical (unpaired) electrons. The van der Waals surface area contributed by atoms with Gasteiger partial charge in [0.05, 0.1) is 0 Å². The van der Waals surface area contributed by atoms with Crippen molar-refractivity contribution in [3.63, 3.8) is 0 Å². The zero-order valence-corrected chi connectivity index (χ0v) is 11.2. The molecule has 0 amide bonds. The first-order valence-electron chi connectivity index (χ1n) is 5.15. The van der Waals surface area contributed by atoms with E-state index in [1.54, 1.807) is 6.07 Å². The van der Waals surface area contributed by atoms with Gasteiger partial charge < -0.3 is 0 Å². The highest BCUT2D eigenvalue weighted by molar-refractivity contribution is 14.1. The van der Waals surface area contributed by atoms with E-state index in [4.69, 9.17) is 11.6 Å². The summed E-state index contributed by atoms with van der Waals surface area (Å²) in [5.41, 5.74) is 0.787. The predicted octanol–water partition coefficient (Wildman–Crippen LogP) is 4.32. The van der Waals surface area contributed by atoms with Crippen LogP contribution in [0.3, 0.4) is 0 Å². The first kappa shape index (κ1) is 11.4. The number of halogens is 2. The van der Waals surface area contributed by atoms with E-state index in [0.717, 1.165) is 9.13 Å². The number of hydrogen-bond donors (Lipinski definition) is 0. The van der Waals surface area contributed by atoms with Gasteiger partial charge in [-0.15, -0.1) is 0 Å². The van der Waals surface area contributed by atoms with Gasteiger partial charge in [-0.25, -0.2) is 0 Å². The van der Waals surface area contributed by atoms with Crippen molar-refractivity contribution in [2.75, 3.05) is 0 Å². The molecule has 0 heterocycles. The van der Waals surface area contributed by atoms with Gasteiger partial charge in [-0.3, -0.25) is 4.79 Å². The van der Waals surface area contributed by atoms with Crippen LogP contribution in [0.1, 0.15) is 36.0 Å². The highest BCUT2D eigenvalue weighted by Crippen LogP contribution is 2.31. The zero-order chi connectivity index (χ0) is 10.8. The second-order valence-electron chi connectivity index (χ2n) is 4.05. The Hall–Kier alpha value is -0.0900. The second kappa shape index (κ2) is 4.83. The summed E-state index contributed by atoms with van der Waals surface area (Å²) in [5.74, 6) is 0.860. The van der Waals surface area contributed by atoms with Crippen molar-refractivity contribution in [3.05, 3.63) is 32.4 Å². The maximum atomic E-state index is 12.0. The van der Waals surface area contributed by atoms with E-state index in [1.807, 2.05) is 12.1 Å². The predicted molar refractivity (Wildman–Crippen MR) is 70.5 cm³/mol. The highest BCUT2D eigenvalue weighted by atomic mass is 127. The van der Waals surface area contributed by atoms with Crippen molar-refractivity contribution < 1.29 is 4.79 Å². The largest absolute Gasteiger partial charge is 0.294 e. The van der Waals surface area contributed by atoms with E-state index in [1.165, 1.54) is 19.3 Å². The Morgan fingerprint density at radius 1 is 1.47 bits per heavy atom. The molecule has 0 unspecified atom stereocenters. The molecule has 2 rings (SSSR count). The molecule has 0 aromatic heterocycles. The molecule has 15 heavy (non-hydrogen) atoms. The van der Waals surface area contributed by atoms with E-state index >= 15 is 0 Å². The number of carbonyl (C=O) groups excluding carboxylic acids is 1. The number of Topliss-reactive ketones (excluding diaryl/α,β-unsaturated/α-hetero) is 1. The Morgan fingerprint density at radius 2 is 2.20 bits per heavy atom. The van der Waals surface area contributed by atoms with Crippen LogP contribution in [0.5, 0.6) is 0 Å². The summed E-state index contributed by atoms with van der Waals surface area (Å²) in [6.45, 7) is 0. The first-order chi connectivity index (χ1) is 7.16. The Bertz CT molecular complexity index is 385. The molecule has 0 spiro atoms. The quantitative estimate of drug-likeness (QED) is 0.594. The molecule has 0 aliphatic heterocycles. The van der Waals surface area contributed by atoms with Gasteiger partial charge in [0.25, 0.3) is 0 Å². The maximum absolute atomic E-state index is 12.0. The molecule has 3 heteroatoms. The molecular formula is C12H12ClIO. The van der Waals surface area contributed by atoms with Crippen LogP contribution in [0.2, 0.25) is 5.02 Å². The lowest BCUT2D eigenvalue weighted by Gasteiger charge is -2.24. The van der Waals surface area contributed by atoms with Crippen LogP contribution in [-0.2, 0) is 0 Å². The molecule has 1 aromatic rings. The van der Waals surface area contributed by atoms with E-state index in [-0.39, 0.29) is 5.78 Å². The maximum Gasteiger partial charge on any atom is 0.164 e. The Balaban J connectivity index is 2.12. The summed E-state index contributed by atoms with van der Waals surface area (Å²) in [4.78, 5) is 12.0. The van der Waals surface area contributed by atoms with Crippen molar-refractivity contribution in [3.8, 4) is 0 Å². The van der Waals surface area contributed by atoms with Crippen LogP contribution in [0.4, 0.5) is 0 Å². The molecule has 1 aliphatic carbocycles. The Kier molecular flexibility index (Phi) is 3.67. The summed E-state index contributed by atoms with van der Waals surface area (Å²) in [7, 11) is 0. The topological polar surface area (TPSA) is 17.1 Å². The van der Waals surface area contributed by atoms with E-state index in [0.29, 0.717) is 17.4 Å². The zero-order valence-electron chi connectivity index (χ0n) is 8.30. The molecule has 1 aromatic carbocycles. The van der Waals surface area contributed by atoms with Crippen LogP contribution in [0.25, 0.3) is 0 Å². The molecule has 1 aliphatic rings. The summed E-state index contributed by atoms with van der Waals surface area (Å²) in [5, 5.41) is 0.646. The van der Waals surface area contributed by atoms with Gasteiger partial charge >= 0.3 is 0 Å². The Labute approximate surface area is 108 Å². The molecule has 1 saturated carbocycles. The van der Waals surface area contributed by atoms with Crippen LogP contribution in [0, 0.1) is 9.49 Å². The number of rotatable bonds is 3. The van der Waals surface area contributed by atoms with Crippen molar-refractivity contribution >= 4 is 40.0 Å². The highest BCUT2D eigenvalue weighted by Gasteiger charge is 2.22. The third kappa shape index (κ3) is 2.72. The van der Waals surface area contributed by atoms with E-state index in [9.17, 15) is 4.79 Å². The molecule has 80 valence electrons. The first-order valence-corrected chi connectivity index (χ1v) is 6.61. The van der Waals surface area contributed by atoms with Crippen LogP contribution >= 0.6 is 34.2 Å². The fourth-order valence-corrected chi connectivity index (χ4v) is 2.59. The van der Waals surface area contributed by atoms with Crippen molar-refractivity contribution in [1.82, 2.24) is 0 Å². The van der Waals surface area contributed by atoms with Crippen LogP contribution in [-0.4, -0.2) is 5.78 Å². The third-order valence-corrected chi connectivity index (χ3v) is 4.10. The van der Waals surface area contributed by atoms with E-state index in [2.05, 4.69) is 22.6 Å². The van der Waals surface area contributed by atoms with Gasteiger partial charge in [-0.2, -0.15) is 0 Å². The number of benzene rings is 1. The minimum absolute atomic E-state index is 0.242. The van der Waals surface area contributed by atoms with Gasteiger partial charge in [0, 0.05) is 20.6 Å². The second-order valence-corrected chi connectivity index (χ2v) is 5.65. The average molecular weight is 335 g/mol. The summed E-state index contributed by atoms with van der Waals surface area (Å²) in [6.07, 6.45) is 4.40. The van der Waals surface area contributed by atoms with Gasteiger partial charge in [-0.1, -0.05) is 30.9 Å². The van der Waals surface area contributed by atoms with Gasteiger partial charge in [0.1, 0.15) is 0 Å². The SMILES string of the molecule is O=C(CC1CCC1)c1cc(Cl)ccc1I. The fraction of sp³-hybridized carbons (Fsp3) is 0.417. The number of hydrogen-bond acceptors (Lipinski definition) is 1. The normalized spacial score (nSPS) is 16.1. The average Bonchev–Trinajstić information content (AvgIpc) is 2.15. The van der Waals surface area contributed by atoms with Crippen molar-refractivity contribution in [2.24, 2.45) is 5.92 Å². The molecule has 0 N–H and O–H groups in total. The molecule has 1 nitrogen and oxygen atoms in total. The van der Waals surface area contributed by atoms with Gasteiger partial charge in [-0.05, 0) is 46.7 Å². The summed E-state index contributed by atoms with van der Waals surface area (Å²) in [6, 6.07) is 5.50. The molecular weight excluding hydrogens is 322 g/mol. The Morgan fingerprint density at radius 3 is 2.80 bits per heavy atom. The molecule has 0 atom stereocenters. The van der Waals surface area contributed by atoms with Gasteiger partial charge in [0.2, 0.25) is 0 Å². The summed E-state index contributed by atoms with van der Waals surface area (Å²) >= 11 is 8.08. The monoisotopic (exact) mass is 334 g/mol. The smallest absolute Gasteiger partial charge is 0.164 e. The number of carbonyl (C=O) groups is 1. The lowest BCUT2D eigenvalue weighted by molar-refractivity contribution is 0.0935.